The summed E-state index contributed by atoms with van der Waals surface area (Å²) in [5.41, 5.74) is 0.801. The Hall–Kier alpha value is -1.55. The molecule has 0 aliphatic heterocycles. The van der Waals surface area contributed by atoms with Crippen molar-refractivity contribution in [3.63, 3.8) is 0 Å². The number of hydrogen-bond acceptors (Lipinski definition) is 2. The third-order valence-electron chi connectivity index (χ3n) is 1.94. The lowest BCUT2D eigenvalue weighted by atomic mass is 10.1. The largest absolute Gasteiger partial charge is 0.478 e. The van der Waals surface area contributed by atoms with E-state index in [1.165, 1.54) is 6.07 Å². The van der Waals surface area contributed by atoms with E-state index in [4.69, 9.17) is 16.7 Å². The second kappa shape index (κ2) is 2.99. The number of aryl methyl sites for hydroxylation is 1. The highest BCUT2D eigenvalue weighted by Crippen LogP contribution is 2.22. The summed E-state index contributed by atoms with van der Waals surface area (Å²) >= 11 is 5.78. The molecule has 0 saturated carbocycles. The van der Waals surface area contributed by atoms with Crippen LogP contribution in [-0.2, 0) is 7.05 Å². The molecule has 14 heavy (non-hydrogen) atoms. The zero-order valence-corrected chi connectivity index (χ0v) is 8.12. The van der Waals surface area contributed by atoms with Crippen LogP contribution in [0.25, 0.3) is 10.9 Å². The first-order valence-electron chi connectivity index (χ1n) is 3.94. The van der Waals surface area contributed by atoms with Crippen LogP contribution in [-0.4, -0.2) is 20.9 Å². The van der Waals surface area contributed by atoms with Gasteiger partial charge in [0, 0.05) is 18.6 Å². The summed E-state index contributed by atoms with van der Waals surface area (Å²) in [5, 5.41) is 13.9. The van der Waals surface area contributed by atoms with Crippen molar-refractivity contribution in [3.05, 3.63) is 28.9 Å². The van der Waals surface area contributed by atoms with Gasteiger partial charge in [-0.1, -0.05) is 11.6 Å². The maximum absolute atomic E-state index is 10.8. The number of carboxylic acid groups (broad SMARTS) is 1. The number of halogens is 1. The van der Waals surface area contributed by atoms with Gasteiger partial charge in [-0.05, 0) is 12.1 Å². The molecule has 0 aliphatic carbocycles. The molecular formula is C9H7ClN2O2. The summed E-state index contributed by atoms with van der Waals surface area (Å²) in [6.45, 7) is 0. The average molecular weight is 211 g/mol. The number of carboxylic acids is 1. The van der Waals surface area contributed by atoms with E-state index in [-0.39, 0.29) is 10.6 Å². The standard InChI is InChI=1S/C9H7ClN2O2/c1-12-4-5-2-6(9(13)14)7(10)3-8(5)11-12/h2-4H,1H3,(H,13,14). The van der Waals surface area contributed by atoms with Crippen LogP contribution in [0.4, 0.5) is 0 Å². The number of fused-ring (bicyclic) bond motifs is 1. The lowest BCUT2D eigenvalue weighted by Crippen LogP contribution is -1.96. The number of aromatic nitrogens is 2. The molecule has 1 heterocycles. The zero-order valence-electron chi connectivity index (χ0n) is 7.36. The lowest BCUT2D eigenvalue weighted by Gasteiger charge is -1.97. The molecule has 0 amide bonds. The molecule has 0 saturated heterocycles. The van der Waals surface area contributed by atoms with Crippen molar-refractivity contribution in [1.82, 2.24) is 9.78 Å². The van der Waals surface area contributed by atoms with Gasteiger partial charge in [0.05, 0.1) is 16.1 Å². The summed E-state index contributed by atoms with van der Waals surface area (Å²) in [4.78, 5) is 10.8. The Morgan fingerprint density at radius 1 is 1.57 bits per heavy atom. The molecule has 0 atom stereocenters. The monoisotopic (exact) mass is 210 g/mol. The van der Waals surface area contributed by atoms with Gasteiger partial charge in [-0.25, -0.2) is 4.79 Å². The molecule has 5 heteroatoms. The minimum Gasteiger partial charge on any atom is -0.478 e. The maximum atomic E-state index is 10.8. The van der Waals surface area contributed by atoms with E-state index in [0.29, 0.717) is 5.52 Å². The van der Waals surface area contributed by atoms with Crippen LogP contribution in [0, 0.1) is 0 Å². The Balaban J connectivity index is 2.76. The minimum absolute atomic E-state index is 0.104. The van der Waals surface area contributed by atoms with Gasteiger partial charge in [0.25, 0.3) is 0 Å². The Kier molecular flexibility index (Phi) is 1.93. The van der Waals surface area contributed by atoms with Gasteiger partial charge < -0.3 is 5.11 Å². The van der Waals surface area contributed by atoms with E-state index in [1.54, 1.807) is 24.0 Å². The van der Waals surface area contributed by atoms with Gasteiger partial charge in [-0.2, -0.15) is 5.10 Å². The first-order valence-corrected chi connectivity index (χ1v) is 4.32. The summed E-state index contributed by atoms with van der Waals surface area (Å²) in [7, 11) is 1.77. The predicted octanol–water partition coefficient (Wildman–Crippen LogP) is 1.92. The van der Waals surface area contributed by atoms with E-state index < -0.39 is 5.97 Å². The van der Waals surface area contributed by atoms with E-state index >= 15 is 0 Å². The van der Waals surface area contributed by atoms with Crippen LogP contribution in [0.1, 0.15) is 10.4 Å². The van der Waals surface area contributed by atoms with Gasteiger partial charge in [0.2, 0.25) is 0 Å². The number of benzene rings is 1. The van der Waals surface area contributed by atoms with Gasteiger partial charge in [0.1, 0.15) is 0 Å². The molecule has 1 N–H and O–H groups in total. The number of nitrogens with zero attached hydrogens (tertiary/aromatic N) is 2. The van der Waals surface area contributed by atoms with Crippen LogP contribution < -0.4 is 0 Å². The molecule has 0 unspecified atom stereocenters. The molecule has 4 nitrogen and oxygen atoms in total. The molecule has 1 aromatic heterocycles. The van der Waals surface area contributed by atoms with Crippen molar-refractivity contribution in [2.24, 2.45) is 7.05 Å². The molecule has 0 bridgehead atoms. The maximum Gasteiger partial charge on any atom is 0.337 e. The summed E-state index contributed by atoms with van der Waals surface area (Å²) in [5.74, 6) is -1.03. The lowest BCUT2D eigenvalue weighted by molar-refractivity contribution is 0.0697. The van der Waals surface area contributed by atoms with Crippen molar-refractivity contribution < 1.29 is 9.90 Å². The first kappa shape index (κ1) is 9.02. The molecule has 0 radical (unpaired) electrons. The highest BCUT2D eigenvalue weighted by molar-refractivity contribution is 6.34. The van der Waals surface area contributed by atoms with Gasteiger partial charge in [0.15, 0.2) is 0 Å². The van der Waals surface area contributed by atoms with Crippen molar-refractivity contribution in [1.29, 1.82) is 0 Å². The average Bonchev–Trinajstić information content (AvgIpc) is 2.42. The van der Waals surface area contributed by atoms with Crippen molar-refractivity contribution >= 4 is 28.5 Å². The van der Waals surface area contributed by atoms with Crippen molar-refractivity contribution in [2.45, 2.75) is 0 Å². The van der Waals surface area contributed by atoms with E-state index in [2.05, 4.69) is 5.10 Å². The van der Waals surface area contributed by atoms with Crippen molar-refractivity contribution in [2.75, 3.05) is 0 Å². The second-order valence-corrected chi connectivity index (χ2v) is 3.41. The van der Waals surface area contributed by atoms with Gasteiger partial charge >= 0.3 is 5.97 Å². The van der Waals surface area contributed by atoms with Crippen LogP contribution >= 0.6 is 11.6 Å². The minimum atomic E-state index is -1.03. The summed E-state index contributed by atoms with van der Waals surface area (Å²) in [6.07, 6.45) is 1.75. The van der Waals surface area contributed by atoms with E-state index in [1.807, 2.05) is 0 Å². The Bertz CT molecular complexity index is 519. The SMILES string of the molecule is Cn1cc2cc(C(=O)O)c(Cl)cc2n1. The smallest absolute Gasteiger partial charge is 0.337 e. The first-order chi connectivity index (χ1) is 6.58. The third-order valence-corrected chi connectivity index (χ3v) is 2.25. The molecule has 1 aromatic carbocycles. The normalized spacial score (nSPS) is 10.7. The molecule has 0 aliphatic rings. The van der Waals surface area contributed by atoms with Crippen LogP contribution in [0.3, 0.4) is 0 Å². The van der Waals surface area contributed by atoms with Crippen LogP contribution in [0.5, 0.6) is 0 Å². The highest BCUT2D eigenvalue weighted by Gasteiger charge is 2.11. The molecule has 0 fully saturated rings. The molecule has 2 rings (SSSR count). The fourth-order valence-electron chi connectivity index (χ4n) is 1.33. The fourth-order valence-corrected chi connectivity index (χ4v) is 1.57. The van der Waals surface area contributed by atoms with Crippen LogP contribution in [0.15, 0.2) is 18.3 Å². The zero-order chi connectivity index (χ0) is 10.3. The highest BCUT2D eigenvalue weighted by atomic mass is 35.5. The fraction of sp³-hybridized carbons (Fsp3) is 0.111. The Labute approximate surface area is 84.7 Å². The Morgan fingerprint density at radius 2 is 2.29 bits per heavy atom. The molecule has 0 spiro atoms. The molecule has 2 aromatic rings. The molecular weight excluding hydrogens is 204 g/mol. The topological polar surface area (TPSA) is 55.1 Å². The third kappa shape index (κ3) is 1.33. The summed E-state index contributed by atoms with van der Waals surface area (Å²) in [6, 6.07) is 3.08. The van der Waals surface area contributed by atoms with E-state index in [0.717, 1.165) is 5.39 Å². The number of rotatable bonds is 1. The van der Waals surface area contributed by atoms with Crippen LogP contribution in [0.2, 0.25) is 5.02 Å². The molecule has 72 valence electrons. The second-order valence-electron chi connectivity index (χ2n) is 3.00. The van der Waals surface area contributed by atoms with Gasteiger partial charge in [-0.15, -0.1) is 0 Å². The quantitative estimate of drug-likeness (QED) is 0.783. The predicted molar refractivity (Wildman–Crippen MR) is 52.7 cm³/mol. The number of carbonyl (C=O) groups is 1. The van der Waals surface area contributed by atoms with Crippen molar-refractivity contribution in [3.8, 4) is 0 Å². The van der Waals surface area contributed by atoms with Gasteiger partial charge in [-0.3, -0.25) is 4.68 Å². The van der Waals surface area contributed by atoms with E-state index in [9.17, 15) is 4.79 Å². The number of hydrogen-bond donors (Lipinski definition) is 1. The number of aromatic carboxylic acids is 1. The summed E-state index contributed by atoms with van der Waals surface area (Å²) < 4.78 is 1.62. The Morgan fingerprint density at radius 3 is 2.93 bits per heavy atom.